The summed E-state index contributed by atoms with van der Waals surface area (Å²) in [5.41, 5.74) is 3.54. The summed E-state index contributed by atoms with van der Waals surface area (Å²) < 4.78 is 44.7. The summed E-state index contributed by atoms with van der Waals surface area (Å²) in [4.78, 5) is 0. The first-order chi connectivity index (χ1) is 10.1. The van der Waals surface area contributed by atoms with Crippen LogP contribution in [0, 0.1) is 11.5 Å². The van der Waals surface area contributed by atoms with Gasteiger partial charge in [0.25, 0.3) is 0 Å². The van der Waals surface area contributed by atoms with Crippen molar-refractivity contribution in [3.05, 3.63) is 35.9 Å². The number of alkyl halides is 3. The van der Waals surface area contributed by atoms with Crippen LogP contribution in [0.15, 0.2) is 30.3 Å². The number of rotatable bonds is 5. The fraction of sp³-hybridized carbons (Fsp3) is 0.500. The standard InChI is InChI=1S/C16H22F3NOSi/c1-21-12-14(13-8-6-5-7-9-13)20-15(16(17,18)19)10-11-22(2,3)4/h5-9,14-15,20H,12H2,1-4H3/t14-,15?/m0/s1. The van der Waals surface area contributed by atoms with Gasteiger partial charge in [-0.1, -0.05) is 55.9 Å². The first kappa shape index (κ1) is 18.8. The van der Waals surface area contributed by atoms with Gasteiger partial charge in [0.1, 0.15) is 8.07 Å². The van der Waals surface area contributed by atoms with Crippen molar-refractivity contribution in [3.63, 3.8) is 0 Å². The first-order valence-corrected chi connectivity index (χ1v) is 10.5. The van der Waals surface area contributed by atoms with Gasteiger partial charge in [0.2, 0.25) is 0 Å². The SMILES string of the molecule is COC[C@H](NC(C#C[Si](C)(C)C)C(F)(F)F)c1ccccc1. The van der Waals surface area contributed by atoms with Crippen LogP contribution < -0.4 is 5.32 Å². The van der Waals surface area contributed by atoms with Crippen LogP contribution in [-0.4, -0.2) is 34.0 Å². The summed E-state index contributed by atoms with van der Waals surface area (Å²) in [5.74, 6) is 2.38. The molecule has 122 valence electrons. The molecule has 0 saturated heterocycles. The summed E-state index contributed by atoms with van der Waals surface area (Å²) in [6.45, 7) is 5.89. The topological polar surface area (TPSA) is 21.3 Å². The molecule has 0 heterocycles. The van der Waals surface area contributed by atoms with Crippen molar-refractivity contribution in [3.8, 4) is 11.5 Å². The molecule has 0 aliphatic rings. The molecule has 0 aromatic heterocycles. The number of methoxy groups -OCH3 is 1. The van der Waals surface area contributed by atoms with Crippen LogP contribution in [0.2, 0.25) is 19.6 Å². The second kappa shape index (κ2) is 7.81. The van der Waals surface area contributed by atoms with Gasteiger partial charge in [0.05, 0.1) is 12.6 Å². The van der Waals surface area contributed by atoms with Crippen LogP contribution >= 0.6 is 0 Å². The number of hydrogen-bond donors (Lipinski definition) is 1. The summed E-state index contributed by atoms with van der Waals surface area (Å²) >= 11 is 0. The van der Waals surface area contributed by atoms with Gasteiger partial charge in [-0.15, -0.1) is 5.54 Å². The highest BCUT2D eigenvalue weighted by molar-refractivity contribution is 6.83. The molecule has 22 heavy (non-hydrogen) atoms. The van der Waals surface area contributed by atoms with Crippen LogP contribution in [0.1, 0.15) is 11.6 Å². The Hall–Kier alpha value is -1.29. The van der Waals surface area contributed by atoms with Gasteiger partial charge >= 0.3 is 6.18 Å². The van der Waals surface area contributed by atoms with Crippen molar-refractivity contribution >= 4 is 8.07 Å². The molecule has 1 N–H and O–H groups in total. The third-order valence-corrected chi connectivity index (χ3v) is 3.72. The molecule has 0 fully saturated rings. The van der Waals surface area contributed by atoms with Gasteiger partial charge in [-0.2, -0.15) is 13.2 Å². The minimum absolute atomic E-state index is 0.144. The fourth-order valence-electron chi connectivity index (χ4n) is 1.80. The van der Waals surface area contributed by atoms with E-state index in [4.69, 9.17) is 4.74 Å². The van der Waals surface area contributed by atoms with E-state index in [-0.39, 0.29) is 6.61 Å². The number of halogens is 3. The van der Waals surface area contributed by atoms with Crippen molar-refractivity contribution in [2.24, 2.45) is 0 Å². The number of hydrogen-bond acceptors (Lipinski definition) is 2. The molecule has 0 saturated carbocycles. The Morgan fingerprint density at radius 1 is 1.18 bits per heavy atom. The third-order valence-electron chi connectivity index (χ3n) is 2.82. The molecule has 2 nitrogen and oxygen atoms in total. The van der Waals surface area contributed by atoms with E-state index >= 15 is 0 Å². The zero-order valence-electron chi connectivity index (χ0n) is 13.3. The minimum Gasteiger partial charge on any atom is -0.383 e. The average molecular weight is 329 g/mol. The molecular formula is C16H22F3NOSi. The van der Waals surface area contributed by atoms with E-state index in [0.717, 1.165) is 5.56 Å². The molecule has 0 amide bonds. The van der Waals surface area contributed by atoms with Gasteiger partial charge in [0, 0.05) is 7.11 Å². The Labute approximate surface area is 131 Å². The maximum absolute atomic E-state index is 13.2. The molecule has 1 aromatic rings. The lowest BCUT2D eigenvalue weighted by atomic mass is 10.1. The van der Waals surface area contributed by atoms with E-state index in [1.54, 1.807) is 24.3 Å². The highest BCUT2D eigenvalue weighted by atomic mass is 28.3. The lowest BCUT2D eigenvalue weighted by molar-refractivity contribution is -0.144. The number of ether oxygens (including phenoxy) is 1. The smallest absolute Gasteiger partial charge is 0.383 e. The molecule has 0 bridgehead atoms. The van der Waals surface area contributed by atoms with Crippen LogP contribution in [0.5, 0.6) is 0 Å². The van der Waals surface area contributed by atoms with Crippen molar-refractivity contribution in [1.82, 2.24) is 5.32 Å². The second-order valence-corrected chi connectivity index (χ2v) is 10.8. The predicted octanol–water partition coefficient (Wildman–Crippen LogP) is 3.78. The van der Waals surface area contributed by atoms with Crippen molar-refractivity contribution in [1.29, 1.82) is 0 Å². The molecule has 0 spiro atoms. The quantitative estimate of drug-likeness (QED) is 0.656. The Morgan fingerprint density at radius 2 is 1.77 bits per heavy atom. The molecule has 0 radical (unpaired) electrons. The van der Waals surface area contributed by atoms with Gasteiger partial charge in [-0.05, 0) is 5.56 Å². The van der Waals surface area contributed by atoms with E-state index < -0.39 is 26.3 Å². The molecule has 1 aromatic carbocycles. The Bertz CT molecular complexity index is 514. The van der Waals surface area contributed by atoms with E-state index in [0.29, 0.717) is 0 Å². The summed E-state index contributed by atoms with van der Waals surface area (Å²) in [6, 6.07) is 6.52. The van der Waals surface area contributed by atoms with Crippen molar-refractivity contribution in [2.45, 2.75) is 37.9 Å². The Balaban J connectivity index is 3.01. The normalized spacial score (nSPS) is 14.9. The highest BCUT2D eigenvalue weighted by Gasteiger charge is 2.40. The van der Waals surface area contributed by atoms with E-state index in [9.17, 15) is 13.2 Å². The molecular weight excluding hydrogens is 307 g/mol. The zero-order valence-corrected chi connectivity index (χ0v) is 14.3. The van der Waals surface area contributed by atoms with Gasteiger partial charge < -0.3 is 4.74 Å². The van der Waals surface area contributed by atoms with E-state index in [2.05, 4.69) is 16.8 Å². The maximum atomic E-state index is 13.2. The van der Waals surface area contributed by atoms with Crippen LogP contribution in [0.4, 0.5) is 13.2 Å². The molecule has 6 heteroatoms. The summed E-state index contributed by atoms with van der Waals surface area (Å²) in [7, 11) is -0.414. The largest absolute Gasteiger partial charge is 0.415 e. The highest BCUT2D eigenvalue weighted by Crippen LogP contribution is 2.23. The lowest BCUT2D eigenvalue weighted by Gasteiger charge is -2.24. The molecule has 1 unspecified atom stereocenters. The second-order valence-electron chi connectivity index (χ2n) is 6.08. The Morgan fingerprint density at radius 3 is 2.23 bits per heavy atom. The van der Waals surface area contributed by atoms with Crippen molar-refractivity contribution in [2.75, 3.05) is 13.7 Å². The fourth-order valence-corrected chi connectivity index (χ4v) is 2.38. The van der Waals surface area contributed by atoms with E-state index in [1.807, 2.05) is 25.7 Å². The van der Waals surface area contributed by atoms with Crippen LogP contribution in [0.3, 0.4) is 0 Å². The number of nitrogens with one attached hydrogen (secondary N) is 1. The average Bonchev–Trinajstić information content (AvgIpc) is 2.40. The van der Waals surface area contributed by atoms with E-state index in [1.165, 1.54) is 7.11 Å². The van der Waals surface area contributed by atoms with Crippen LogP contribution in [0.25, 0.3) is 0 Å². The molecule has 0 aliphatic heterocycles. The molecule has 1 rings (SSSR count). The van der Waals surface area contributed by atoms with Crippen molar-refractivity contribution < 1.29 is 17.9 Å². The van der Waals surface area contributed by atoms with Gasteiger partial charge in [0.15, 0.2) is 6.04 Å². The maximum Gasteiger partial charge on any atom is 0.415 e. The van der Waals surface area contributed by atoms with Crippen LogP contribution in [-0.2, 0) is 4.74 Å². The summed E-state index contributed by atoms with van der Waals surface area (Å²) in [6.07, 6.45) is -4.42. The monoisotopic (exact) mass is 329 g/mol. The first-order valence-electron chi connectivity index (χ1n) is 7.03. The third kappa shape index (κ3) is 6.65. The molecule has 2 atom stereocenters. The number of benzene rings is 1. The summed E-state index contributed by atoms with van der Waals surface area (Å²) in [5, 5.41) is 2.58. The Kier molecular flexibility index (Phi) is 6.66. The lowest BCUT2D eigenvalue weighted by Crippen LogP contribution is -2.44. The zero-order chi connectivity index (χ0) is 16.8. The minimum atomic E-state index is -4.42. The molecule has 0 aliphatic carbocycles. The predicted molar refractivity (Wildman–Crippen MR) is 85.2 cm³/mol. The van der Waals surface area contributed by atoms with Gasteiger partial charge in [-0.25, -0.2) is 0 Å². The van der Waals surface area contributed by atoms with Gasteiger partial charge in [-0.3, -0.25) is 5.32 Å².